The molecule has 112 valence electrons. The molecule has 1 fully saturated rings. The highest BCUT2D eigenvalue weighted by atomic mass is 35.5. The fourth-order valence-electron chi connectivity index (χ4n) is 2.28. The van der Waals surface area contributed by atoms with E-state index in [9.17, 15) is 12.8 Å². The van der Waals surface area contributed by atoms with Gasteiger partial charge in [-0.25, -0.2) is 12.8 Å². The lowest BCUT2D eigenvalue weighted by atomic mass is 10.1. The molecule has 0 aliphatic carbocycles. The summed E-state index contributed by atoms with van der Waals surface area (Å²) in [5.74, 6) is -0.609. The fraction of sp³-hybridized carbons (Fsp3) is 0.538. The van der Waals surface area contributed by atoms with Crippen LogP contribution in [-0.4, -0.2) is 39.0 Å². The molecule has 1 aliphatic rings. The second kappa shape index (κ2) is 6.39. The molecule has 0 amide bonds. The Morgan fingerprint density at radius 1 is 1.50 bits per heavy atom. The van der Waals surface area contributed by atoms with Crippen LogP contribution in [0.5, 0.6) is 0 Å². The van der Waals surface area contributed by atoms with E-state index >= 15 is 0 Å². The van der Waals surface area contributed by atoms with Gasteiger partial charge in [0.2, 0.25) is 10.0 Å². The molecule has 0 spiro atoms. The van der Waals surface area contributed by atoms with Crippen molar-refractivity contribution in [2.24, 2.45) is 0 Å². The van der Waals surface area contributed by atoms with Crippen LogP contribution in [0.3, 0.4) is 0 Å². The zero-order valence-corrected chi connectivity index (χ0v) is 12.8. The number of alkyl halides is 1. The summed E-state index contributed by atoms with van der Waals surface area (Å²) >= 11 is 5.68. The second-order valence-corrected chi connectivity index (χ2v) is 6.94. The molecule has 1 aromatic carbocycles. The minimum atomic E-state index is -3.85. The number of piperidine rings is 1. The normalized spacial score (nSPS) is 21.1. The van der Waals surface area contributed by atoms with Crippen LogP contribution in [0.15, 0.2) is 23.1 Å². The van der Waals surface area contributed by atoms with Crippen LogP contribution < -0.4 is 0 Å². The maximum atomic E-state index is 13.9. The summed E-state index contributed by atoms with van der Waals surface area (Å²) in [4.78, 5) is -0.313. The summed E-state index contributed by atoms with van der Waals surface area (Å²) < 4.78 is 45.4. The Morgan fingerprint density at radius 3 is 2.90 bits per heavy atom. The van der Waals surface area contributed by atoms with Gasteiger partial charge in [-0.05, 0) is 30.5 Å². The van der Waals surface area contributed by atoms with E-state index in [1.54, 1.807) is 7.11 Å². The van der Waals surface area contributed by atoms with Crippen molar-refractivity contribution in [1.29, 1.82) is 0 Å². The zero-order chi connectivity index (χ0) is 14.8. The van der Waals surface area contributed by atoms with Crippen molar-refractivity contribution in [3.8, 4) is 0 Å². The van der Waals surface area contributed by atoms with E-state index in [0.717, 1.165) is 12.5 Å². The third-order valence-electron chi connectivity index (χ3n) is 3.44. The molecule has 0 radical (unpaired) electrons. The summed E-state index contributed by atoms with van der Waals surface area (Å²) in [6.07, 6.45) is 1.37. The third-order valence-corrected chi connectivity index (χ3v) is 5.63. The van der Waals surface area contributed by atoms with Crippen LogP contribution in [0.4, 0.5) is 4.39 Å². The number of benzene rings is 1. The number of methoxy groups -OCH3 is 1. The van der Waals surface area contributed by atoms with E-state index < -0.39 is 15.8 Å². The number of halogens is 2. The summed E-state index contributed by atoms with van der Waals surface area (Å²) in [7, 11) is -2.30. The van der Waals surface area contributed by atoms with Crippen LogP contribution in [0.25, 0.3) is 0 Å². The molecule has 4 nitrogen and oxygen atoms in total. The monoisotopic (exact) mass is 321 g/mol. The van der Waals surface area contributed by atoms with E-state index in [-0.39, 0.29) is 23.4 Å². The molecule has 2 rings (SSSR count). The molecule has 1 aromatic rings. The van der Waals surface area contributed by atoms with Crippen molar-refractivity contribution in [3.63, 3.8) is 0 Å². The Bertz CT molecular complexity index is 579. The standard InChI is InChI=1S/C13H17ClFNO3S/c1-19-11-3-2-6-16(9-11)20(17,18)13-7-10(8-14)4-5-12(13)15/h4-5,7,11H,2-3,6,8-9H2,1H3. The maximum absolute atomic E-state index is 13.9. The van der Waals surface area contributed by atoms with Crippen molar-refractivity contribution in [2.45, 2.75) is 29.7 Å². The highest BCUT2D eigenvalue weighted by Crippen LogP contribution is 2.25. The van der Waals surface area contributed by atoms with Gasteiger partial charge in [-0.1, -0.05) is 6.07 Å². The molecular weight excluding hydrogens is 305 g/mol. The van der Waals surface area contributed by atoms with Crippen molar-refractivity contribution < 1.29 is 17.5 Å². The van der Waals surface area contributed by atoms with Crippen LogP contribution in [0.1, 0.15) is 18.4 Å². The van der Waals surface area contributed by atoms with Gasteiger partial charge in [-0.2, -0.15) is 4.31 Å². The highest BCUT2D eigenvalue weighted by Gasteiger charge is 2.32. The van der Waals surface area contributed by atoms with Crippen LogP contribution >= 0.6 is 11.6 Å². The molecule has 1 aliphatic heterocycles. The summed E-state index contributed by atoms with van der Waals surface area (Å²) in [5, 5.41) is 0. The molecule has 1 unspecified atom stereocenters. The average Bonchev–Trinajstić information content (AvgIpc) is 2.47. The SMILES string of the molecule is COC1CCCN(S(=O)(=O)c2cc(CCl)ccc2F)C1. The maximum Gasteiger partial charge on any atom is 0.246 e. The van der Waals surface area contributed by atoms with Gasteiger partial charge in [0.1, 0.15) is 10.7 Å². The van der Waals surface area contributed by atoms with Crippen molar-refractivity contribution in [3.05, 3.63) is 29.6 Å². The quantitative estimate of drug-likeness (QED) is 0.800. The van der Waals surface area contributed by atoms with Crippen molar-refractivity contribution in [1.82, 2.24) is 4.31 Å². The molecule has 0 aromatic heterocycles. The van der Waals surface area contributed by atoms with E-state index in [2.05, 4.69) is 0 Å². The Morgan fingerprint density at radius 2 is 2.25 bits per heavy atom. The topological polar surface area (TPSA) is 46.6 Å². The molecule has 1 heterocycles. The molecule has 0 bridgehead atoms. The summed E-state index contributed by atoms with van der Waals surface area (Å²) in [6, 6.07) is 3.92. The zero-order valence-electron chi connectivity index (χ0n) is 11.2. The van der Waals surface area contributed by atoms with Crippen LogP contribution in [-0.2, 0) is 20.6 Å². The molecule has 7 heteroatoms. The van der Waals surface area contributed by atoms with Crippen molar-refractivity contribution in [2.75, 3.05) is 20.2 Å². The first kappa shape index (κ1) is 15.7. The van der Waals surface area contributed by atoms with E-state index in [0.29, 0.717) is 18.5 Å². The predicted octanol–water partition coefficient (Wildman–Crippen LogP) is 2.36. The molecule has 0 N–H and O–H groups in total. The van der Waals surface area contributed by atoms with E-state index in [1.807, 2.05) is 0 Å². The van der Waals surface area contributed by atoms with Crippen LogP contribution in [0, 0.1) is 5.82 Å². The van der Waals surface area contributed by atoms with Gasteiger partial charge in [0.15, 0.2) is 0 Å². The highest BCUT2D eigenvalue weighted by molar-refractivity contribution is 7.89. The van der Waals surface area contributed by atoms with Gasteiger partial charge in [-0.15, -0.1) is 11.6 Å². The fourth-order valence-corrected chi connectivity index (χ4v) is 4.07. The number of hydrogen-bond acceptors (Lipinski definition) is 3. The van der Waals surface area contributed by atoms with E-state index in [4.69, 9.17) is 16.3 Å². The summed E-state index contributed by atoms with van der Waals surface area (Å²) in [5.41, 5.74) is 0.576. The number of hydrogen-bond donors (Lipinski definition) is 0. The number of ether oxygens (including phenoxy) is 1. The molecule has 0 saturated carbocycles. The van der Waals surface area contributed by atoms with Crippen molar-refractivity contribution >= 4 is 21.6 Å². The lowest BCUT2D eigenvalue weighted by Crippen LogP contribution is -2.43. The number of sulfonamides is 1. The minimum Gasteiger partial charge on any atom is -0.380 e. The number of rotatable bonds is 4. The largest absolute Gasteiger partial charge is 0.380 e. The average molecular weight is 322 g/mol. The first-order chi connectivity index (χ1) is 9.48. The van der Waals surface area contributed by atoms with Gasteiger partial charge in [0, 0.05) is 26.1 Å². The van der Waals surface area contributed by atoms with Crippen LogP contribution in [0.2, 0.25) is 0 Å². The third kappa shape index (κ3) is 3.14. The molecule has 1 saturated heterocycles. The Balaban J connectivity index is 2.34. The minimum absolute atomic E-state index is 0.141. The number of nitrogens with zero attached hydrogens (tertiary/aromatic N) is 1. The Labute approximate surface area is 123 Å². The predicted molar refractivity (Wildman–Crippen MR) is 74.7 cm³/mol. The van der Waals surface area contributed by atoms with Gasteiger partial charge in [0.25, 0.3) is 0 Å². The second-order valence-electron chi connectivity index (χ2n) is 4.76. The Kier molecular flexibility index (Phi) is 5.01. The first-order valence-corrected chi connectivity index (χ1v) is 8.34. The molecular formula is C13H17ClFNO3S. The van der Waals surface area contributed by atoms with Gasteiger partial charge in [0.05, 0.1) is 6.10 Å². The van der Waals surface area contributed by atoms with Gasteiger partial charge < -0.3 is 4.74 Å². The lowest BCUT2D eigenvalue weighted by molar-refractivity contribution is 0.0571. The van der Waals surface area contributed by atoms with Gasteiger partial charge >= 0.3 is 0 Å². The molecule has 1 atom stereocenters. The smallest absolute Gasteiger partial charge is 0.246 e. The Hall–Kier alpha value is -0.690. The first-order valence-electron chi connectivity index (χ1n) is 6.36. The lowest BCUT2D eigenvalue weighted by Gasteiger charge is -2.31. The molecule has 20 heavy (non-hydrogen) atoms. The van der Waals surface area contributed by atoms with Gasteiger partial charge in [-0.3, -0.25) is 0 Å². The summed E-state index contributed by atoms with van der Waals surface area (Å²) in [6.45, 7) is 0.635. The van der Waals surface area contributed by atoms with E-state index in [1.165, 1.54) is 16.4 Å².